The Morgan fingerprint density at radius 2 is 1.68 bits per heavy atom. The molecule has 0 spiro atoms. The Morgan fingerprint density at radius 3 is 2.26 bits per heavy atom. The Bertz CT molecular complexity index is 541. The number of pyridine rings is 1. The van der Waals surface area contributed by atoms with E-state index in [9.17, 15) is 0 Å². The first-order valence-corrected chi connectivity index (χ1v) is 6.86. The Kier molecular flexibility index (Phi) is 4.33. The molecule has 0 bridgehead atoms. The summed E-state index contributed by atoms with van der Waals surface area (Å²) in [5.41, 5.74) is 6.11. The van der Waals surface area contributed by atoms with Gasteiger partial charge in [0.1, 0.15) is 0 Å². The lowest BCUT2D eigenvalue weighted by atomic mass is 9.94. The first-order valence-electron chi connectivity index (χ1n) is 6.86. The van der Waals surface area contributed by atoms with Gasteiger partial charge in [0.05, 0.1) is 6.04 Å². The number of hydrogen-bond acceptors (Lipinski definition) is 2. The highest BCUT2D eigenvalue weighted by Gasteiger charge is 2.15. The maximum Gasteiger partial charge on any atom is 0.0580 e. The van der Waals surface area contributed by atoms with Crippen LogP contribution >= 0.6 is 0 Å². The molecular weight excluding hydrogens is 232 g/mol. The van der Waals surface area contributed by atoms with Crippen molar-refractivity contribution in [2.45, 2.75) is 33.7 Å². The van der Waals surface area contributed by atoms with Crippen LogP contribution in [-0.2, 0) is 0 Å². The fourth-order valence-electron chi connectivity index (χ4n) is 2.56. The molecule has 2 heteroatoms. The van der Waals surface area contributed by atoms with Crippen molar-refractivity contribution < 1.29 is 0 Å². The molecule has 1 aromatic heterocycles. The smallest absolute Gasteiger partial charge is 0.0580 e. The van der Waals surface area contributed by atoms with E-state index < -0.39 is 0 Å². The van der Waals surface area contributed by atoms with Gasteiger partial charge in [-0.3, -0.25) is 4.98 Å². The maximum atomic E-state index is 4.47. The quantitative estimate of drug-likeness (QED) is 0.899. The number of aromatic nitrogens is 1. The van der Waals surface area contributed by atoms with Crippen molar-refractivity contribution >= 4 is 0 Å². The van der Waals surface area contributed by atoms with Crippen LogP contribution in [0.25, 0.3) is 0 Å². The lowest BCUT2D eigenvalue weighted by molar-refractivity contribution is 0.626. The summed E-state index contributed by atoms with van der Waals surface area (Å²) in [6.07, 6.45) is 0. The van der Waals surface area contributed by atoms with Crippen LogP contribution in [0.1, 0.15) is 41.0 Å². The van der Waals surface area contributed by atoms with E-state index in [0.717, 1.165) is 17.9 Å². The summed E-state index contributed by atoms with van der Waals surface area (Å²) in [5, 5.41) is 3.58. The van der Waals surface area contributed by atoms with Gasteiger partial charge in [0, 0.05) is 11.4 Å². The third kappa shape index (κ3) is 3.21. The van der Waals surface area contributed by atoms with Crippen LogP contribution in [-0.4, -0.2) is 11.5 Å². The molecule has 2 aromatic rings. The maximum absolute atomic E-state index is 4.47. The molecule has 1 atom stereocenters. The first kappa shape index (κ1) is 13.8. The molecule has 2 rings (SSSR count). The summed E-state index contributed by atoms with van der Waals surface area (Å²) in [6.45, 7) is 9.36. The summed E-state index contributed by atoms with van der Waals surface area (Å²) in [4.78, 5) is 4.47. The van der Waals surface area contributed by atoms with Gasteiger partial charge in [0.25, 0.3) is 0 Å². The molecule has 0 aliphatic rings. The predicted molar refractivity (Wildman–Crippen MR) is 80.4 cm³/mol. The van der Waals surface area contributed by atoms with Gasteiger partial charge in [-0.2, -0.15) is 0 Å². The van der Waals surface area contributed by atoms with Crippen LogP contribution in [0.5, 0.6) is 0 Å². The Labute approximate surface area is 115 Å². The van der Waals surface area contributed by atoms with Crippen molar-refractivity contribution in [3.8, 4) is 0 Å². The second kappa shape index (κ2) is 5.98. The number of hydrogen-bond donors (Lipinski definition) is 1. The molecule has 19 heavy (non-hydrogen) atoms. The van der Waals surface area contributed by atoms with E-state index in [0.29, 0.717) is 0 Å². The second-order valence-electron chi connectivity index (χ2n) is 5.03. The fourth-order valence-corrected chi connectivity index (χ4v) is 2.56. The van der Waals surface area contributed by atoms with Gasteiger partial charge in [-0.05, 0) is 56.1 Å². The van der Waals surface area contributed by atoms with Gasteiger partial charge in [-0.15, -0.1) is 0 Å². The lowest BCUT2D eigenvalue weighted by Crippen LogP contribution is -2.23. The van der Waals surface area contributed by atoms with Crippen molar-refractivity contribution in [2.24, 2.45) is 0 Å². The van der Waals surface area contributed by atoms with E-state index in [1.165, 1.54) is 16.7 Å². The highest BCUT2D eigenvalue weighted by Crippen LogP contribution is 2.25. The molecule has 0 amide bonds. The van der Waals surface area contributed by atoms with Crippen molar-refractivity contribution in [3.05, 3.63) is 64.5 Å². The third-order valence-corrected chi connectivity index (χ3v) is 3.34. The average Bonchev–Trinajstić information content (AvgIpc) is 2.36. The summed E-state index contributed by atoms with van der Waals surface area (Å²) in [5.74, 6) is 0. The zero-order valence-electron chi connectivity index (χ0n) is 12.2. The number of nitrogens with one attached hydrogen (secondary N) is 1. The van der Waals surface area contributed by atoms with Crippen molar-refractivity contribution in [1.82, 2.24) is 10.3 Å². The van der Waals surface area contributed by atoms with E-state index in [1.54, 1.807) is 0 Å². The van der Waals surface area contributed by atoms with Gasteiger partial charge in [0.2, 0.25) is 0 Å². The average molecular weight is 254 g/mol. The van der Waals surface area contributed by atoms with Crippen molar-refractivity contribution in [3.63, 3.8) is 0 Å². The molecule has 1 N–H and O–H groups in total. The fraction of sp³-hybridized carbons (Fsp3) is 0.353. The number of rotatable bonds is 4. The highest BCUT2D eigenvalue weighted by atomic mass is 14.9. The molecule has 0 saturated heterocycles. The molecule has 100 valence electrons. The van der Waals surface area contributed by atoms with Crippen LogP contribution in [0.4, 0.5) is 0 Å². The van der Waals surface area contributed by atoms with Gasteiger partial charge in [-0.25, -0.2) is 0 Å². The summed E-state index contributed by atoms with van der Waals surface area (Å²) < 4.78 is 0. The predicted octanol–water partition coefficient (Wildman–Crippen LogP) is 3.71. The monoisotopic (exact) mass is 254 g/mol. The van der Waals surface area contributed by atoms with Crippen LogP contribution in [0, 0.1) is 20.8 Å². The zero-order valence-corrected chi connectivity index (χ0v) is 12.2. The van der Waals surface area contributed by atoms with E-state index in [-0.39, 0.29) is 6.04 Å². The van der Waals surface area contributed by atoms with E-state index in [1.807, 2.05) is 0 Å². The second-order valence-corrected chi connectivity index (χ2v) is 5.03. The van der Waals surface area contributed by atoms with Gasteiger partial charge >= 0.3 is 0 Å². The molecule has 1 aromatic carbocycles. The largest absolute Gasteiger partial charge is 0.307 e. The normalized spacial score (nSPS) is 12.4. The topological polar surface area (TPSA) is 24.9 Å². The van der Waals surface area contributed by atoms with Crippen LogP contribution in [0.15, 0.2) is 36.4 Å². The standard InChI is InChI=1S/C17H22N2/c1-5-18-17(16-9-7-6-8-12(16)2)15-10-13(3)19-14(4)11-15/h6-11,17-18H,5H2,1-4H3. The number of nitrogens with zero attached hydrogens (tertiary/aromatic N) is 1. The summed E-state index contributed by atoms with van der Waals surface area (Å²) in [7, 11) is 0. The molecule has 0 aliphatic carbocycles. The third-order valence-electron chi connectivity index (χ3n) is 3.34. The first-order chi connectivity index (χ1) is 9.11. The van der Waals surface area contributed by atoms with Crippen LogP contribution in [0.3, 0.4) is 0 Å². The summed E-state index contributed by atoms with van der Waals surface area (Å²) >= 11 is 0. The minimum Gasteiger partial charge on any atom is -0.307 e. The minimum atomic E-state index is 0.242. The van der Waals surface area contributed by atoms with E-state index in [4.69, 9.17) is 0 Å². The Balaban J connectivity index is 2.48. The van der Waals surface area contributed by atoms with Gasteiger partial charge < -0.3 is 5.32 Å². The van der Waals surface area contributed by atoms with Gasteiger partial charge in [0.15, 0.2) is 0 Å². The Morgan fingerprint density at radius 1 is 1.05 bits per heavy atom. The minimum absolute atomic E-state index is 0.242. The van der Waals surface area contributed by atoms with Gasteiger partial charge in [-0.1, -0.05) is 31.2 Å². The molecule has 0 saturated carbocycles. The molecule has 2 nitrogen and oxygen atoms in total. The lowest BCUT2D eigenvalue weighted by Gasteiger charge is -2.21. The SMILES string of the molecule is CCNC(c1cc(C)nc(C)c1)c1ccccc1C. The van der Waals surface area contributed by atoms with E-state index >= 15 is 0 Å². The molecule has 0 aliphatic heterocycles. The van der Waals surface area contributed by atoms with Crippen LogP contribution < -0.4 is 5.32 Å². The van der Waals surface area contributed by atoms with Crippen molar-refractivity contribution in [1.29, 1.82) is 0 Å². The molecule has 0 radical (unpaired) electrons. The zero-order chi connectivity index (χ0) is 13.8. The van der Waals surface area contributed by atoms with E-state index in [2.05, 4.69) is 74.4 Å². The number of aryl methyl sites for hydroxylation is 3. The summed E-state index contributed by atoms with van der Waals surface area (Å²) in [6, 6.07) is 13.2. The van der Waals surface area contributed by atoms with Crippen LogP contribution in [0.2, 0.25) is 0 Å². The molecular formula is C17H22N2. The Hall–Kier alpha value is -1.67. The molecule has 0 fully saturated rings. The molecule has 1 unspecified atom stereocenters. The van der Waals surface area contributed by atoms with Crippen molar-refractivity contribution in [2.75, 3.05) is 6.54 Å². The highest BCUT2D eigenvalue weighted by molar-refractivity contribution is 5.37. The number of benzene rings is 1. The molecule has 1 heterocycles.